The lowest BCUT2D eigenvalue weighted by molar-refractivity contribution is -0.137. The van der Waals surface area contributed by atoms with Crippen LogP contribution in [0.5, 0.6) is 0 Å². The number of unbranched alkanes of at least 4 members (excludes halogenated alkanes) is 2. The fraction of sp³-hybridized carbons (Fsp3) is 0.462. The van der Waals surface area contributed by atoms with Crippen molar-refractivity contribution >= 4 is 17.7 Å². The highest BCUT2D eigenvalue weighted by Gasteiger charge is 1.97. The molecule has 94 valence electrons. The number of rotatable bonds is 8. The van der Waals surface area contributed by atoms with Crippen molar-refractivity contribution in [2.24, 2.45) is 0 Å². The van der Waals surface area contributed by atoms with E-state index in [9.17, 15) is 9.18 Å². The third-order valence-electron chi connectivity index (χ3n) is 2.36. The number of halogens is 1. The summed E-state index contributed by atoms with van der Waals surface area (Å²) in [4.78, 5) is 10.3. The van der Waals surface area contributed by atoms with Gasteiger partial charge in [0.1, 0.15) is 5.82 Å². The normalized spacial score (nSPS) is 10.4. The smallest absolute Gasteiger partial charge is 0.303 e. The summed E-state index contributed by atoms with van der Waals surface area (Å²) in [6, 6.07) is 6.55. The van der Waals surface area contributed by atoms with Crippen LogP contribution in [0.25, 0.3) is 0 Å². The van der Waals surface area contributed by atoms with Crippen LogP contribution in [0, 0.1) is 5.82 Å². The van der Waals surface area contributed by atoms with Crippen molar-refractivity contribution < 1.29 is 14.3 Å². The van der Waals surface area contributed by atoms with Gasteiger partial charge in [0.25, 0.3) is 0 Å². The molecule has 0 aromatic heterocycles. The molecule has 1 N–H and O–H groups in total. The minimum absolute atomic E-state index is 0.201. The van der Waals surface area contributed by atoms with Crippen LogP contribution in [0.4, 0.5) is 4.39 Å². The van der Waals surface area contributed by atoms with E-state index in [1.165, 1.54) is 12.1 Å². The highest BCUT2D eigenvalue weighted by Crippen LogP contribution is 2.15. The van der Waals surface area contributed by atoms with Crippen LogP contribution in [-0.2, 0) is 10.5 Å². The van der Waals surface area contributed by atoms with E-state index in [0.29, 0.717) is 0 Å². The molecular formula is C13H17FO2S. The third-order valence-corrected chi connectivity index (χ3v) is 3.48. The number of carboxylic acid groups (broad SMARTS) is 1. The molecule has 0 heterocycles. The Morgan fingerprint density at radius 1 is 1.18 bits per heavy atom. The van der Waals surface area contributed by atoms with E-state index in [0.717, 1.165) is 36.3 Å². The van der Waals surface area contributed by atoms with Crippen molar-refractivity contribution in [3.05, 3.63) is 35.6 Å². The zero-order valence-corrected chi connectivity index (χ0v) is 10.5. The average molecular weight is 256 g/mol. The fourth-order valence-electron chi connectivity index (χ4n) is 1.43. The lowest BCUT2D eigenvalue weighted by Crippen LogP contribution is -1.94. The first kappa shape index (κ1) is 14.0. The standard InChI is InChI=1S/C13H17FO2S/c14-12-7-5-11(6-8-12)10-17-9-3-1-2-4-13(15)16/h5-8H,1-4,9-10H2,(H,15,16). The second-order valence-electron chi connectivity index (χ2n) is 3.88. The summed E-state index contributed by atoms with van der Waals surface area (Å²) in [5.41, 5.74) is 1.13. The van der Waals surface area contributed by atoms with Crippen LogP contribution in [0.15, 0.2) is 24.3 Å². The van der Waals surface area contributed by atoms with E-state index in [2.05, 4.69) is 0 Å². The number of benzene rings is 1. The molecule has 4 heteroatoms. The predicted molar refractivity (Wildman–Crippen MR) is 68.7 cm³/mol. The summed E-state index contributed by atoms with van der Waals surface area (Å²) in [5.74, 6) is 0.993. The zero-order chi connectivity index (χ0) is 12.5. The van der Waals surface area contributed by atoms with Gasteiger partial charge in [0.05, 0.1) is 0 Å². The Balaban J connectivity index is 2.01. The maximum absolute atomic E-state index is 12.6. The molecule has 0 saturated heterocycles. The topological polar surface area (TPSA) is 37.3 Å². The SMILES string of the molecule is O=C(O)CCCCCSCc1ccc(F)cc1. The molecule has 0 fully saturated rings. The Morgan fingerprint density at radius 3 is 2.53 bits per heavy atom. The van der Waals surface area contributed by atoms with E-state index in [1.54, 1.807) is 23.9 Å². The van der Waals surface area contributed by atoms with Gasteiger partial charge in [-0.25, -0.2) is 4.39 Å². The fourth-order valence-corrected chi connectivity index (χ4v) is 2.41. The second kappa shape index (κ2) is 8.12. The van der Waals surface area contributed by atoms with Gasteiger partial charge in [-0.15, -0.1) is 0 Å². The van der Waals surface area contributed by atoms with Crippen molar-refractivity contribution in [3.63, 3.8) is 0 Å². The molecular weight excluding hydrogens is 239 g/mol. The summed E-state index contributed by atoms with van der Waals surface area (Å²) < 4.78 is 12.6. The first-order valence-electron chi connectivity index (χ1n) is 5.72. The number of thioether (sulfide) groups is 1. The molecule has 1 aromatic carbocycles. The summed E-state index contributed by atoms with van der Waals surface area (Å²) in [6.07, 6.45) is 3.02. The van der Waals surface area contributed by atoms with Crippen LogP contribution >= 0.6 is 11.8 Å². The van der Waals surface area contributed by atoms with E-state index in [-0.39, 0.29) is 12.2 Å². The number of hydrogen-bond acceptors (Lipinski definition) is 2. The van der Waals surface area contributed by atoms with Crippen LogP contribution in [0.1, 0.15) is 31.2 Å². The molecule has 0 aliphatic rings. The van der Waals surface area contributed by atoms with E-state index >= 15 is 0 Å². The van der Waals surface area contributed by atoms with Gasteiger partial charge in [0.15, 0.2) is 0 Å². The van der Waals surface area contributed by atoms with Gasteiger partial charge >= 0.3 is 5.97 Å². The summed E-state index contributed by atoms with van der Waals surface area (Å²) >= 11 is 1.80. The molecule has 0 amide bonds. The molecule has 0 atom stereocenters. The van der Waals surface area contributed by atoms with Crippen molar-refractivity contribution in [1.29, 1.82) is 0 Å². The average Bonchev–Trinajstić information content (AvgIpc) is 2.30. The minimum Gasteiger partial charge on any atom is -0.481 e. The Kier molecular flexibility index (Phi) is 6.70. The van der Waals surface area contributed by atoms with Crippen LogP contribution in [0.2, 0.25) is 0 Å². The molecule has 2 nitrogen and oxygen atoms in total. The van der Waals surface area contributed by atoms with Gasteiger partial charge < -0.3 is 5.11 Å². The zero-order valence-electron chi connectivity index (χ0n) is 9.69. The quantitative estimate of drug-likeness (QED) is 0.720. The maximum Gasteiger partial charge on any atom is 0.303 e. The maximum atomic E-state index is 12.6. The molecule has 1 rings (SSSR count). The Bertz CT molecular complexity index is 338. The predicted octanol–water partition coefficient (Wildman–Crippen LogP) is 3.70. The molecule has 0 aliphatic carbocycles. The van der Waals surface area contributed by atoms with Crippen molar-refractivity contribution in [1.82, 2.24) is 0 Å². The van der Waals surface area contributed by atoms with E-state index in [1.807, 2.05) is 0 Å². The van der Waals surface area contributed by atoms with Crippen LogP contribution in [-0.4, -0.2) is 16.8 Å². The highest BCUT2D eigenvalue weighted by atomic mass is 32.2. The number of carbonyl (C=O) groups is 1. The van der Waals surface area contributed by atoms with Crippen molar-refractivity contribution in [2.75, 3.05) is 5.75 Å². The lowest BCUT2D eigenvalue weighted by Gasteiger charge is -2.02. The van der Waals surface area contributed by atoms with E-state index < -0.39 is 5.97 Å². The first-order chi connectivity index (χ1) is 8.18. The van der Waals surface area contributed by atoms with Gasteiger partial charge in [0, 0.05) is 12.2 Å². The monoisotopic (exact) mass is 256 g/mol. The number of carboxylic acids is 1. The molecule has 0 bridgehead atoms. The highest BCUT2D eigenvalue weighted by molar-refractivity contribution is 7.98. The van der Waals surface area contributed by atoms with Gasteiger partial charge in [-0.1, -0.05) is 18.6 Å². The Labute approximate surface area is 105 Å². The second-order valence-corrected chi connectivity index (χ2v) is 4.99. The van der Waals surface area contributed by atoms with Crippen LogP contribution in [0.3, 0.4) is 0 Å². The molecule has 17 heavy (non-hydrogen) atoms. The largest absolute Gasteiger partial charge is 0.481 e. The Hall–Kier alpha value is -1.03. The molecule has 0 unspecified atom stereocenters. The minimum atomic E-state index is -0.719. The van der Waals surface area contributed by atoms with Crippen LogP contribution < -0.4 is 0 Å². The summed E-state index contributed by atoms with van der Waals surface area (Å²) in [5, 5.41) is 8.45. The first-order valence-corrected chi connectivity index (χ1v) is 6.88. The van der Waals surface area contributed by atoms with Gasteiger partial charge in [-0.2, -0.15) is 11.8 Å². The van der Waals surface area contributed by atoms with Gasteiger partial charge in [-0.05, 0) is 36.3 Å². The van der Waals surface area contributed by atoms with Gasteiger partial charge in [-0.3, -0.25) is 4.79 Å². The van der Waals surface area contributed by atoms with Crippen molar-refractivity contribution in [2.45, 2.75) is 31.4 Å². The Morgan fingerprint density at radius 2 is 1.88 bits per heavy atom. The molecule has 0 spiro atoms. The van der Waals surface area contributed by atoms with Gasteiger partial charge in [0.2, 0.25) is 0 Å². The lowest BCUT2D eigenvalue weighted by atomic mass is 10.2. The summed E-state index contributed by atoms with van der Waals surface area (Å²) in [7, 11) is 0. The van der Waals surface area contributed by atoms with Crippen molar-refractivity contribution in [3.8, 4) is 0 Å². The molecule has 0 saturated carbocycles. The number of hydrogen-bond donors (Lipinski definition) is 1. The third kappa shape index (κ3) is 7.00. The summed E-state index contributed by atoms with van der Waals surface area (Å²) in [6.45, 7) is 0. The number of aliphatic carboxylic acids is 1. The molecule has 1 aromatic rings. The molecule has 0 aliphatic heterocycles. The van der Waals surface area contributed by atoms with E-state index in [4.69, 9.17) is 5.11 Å². The molecule has 0 radical (unpaired) electrons.